The molecule has 0 spiro atoms. The fourth-order valence-electron chi connectivity index (χ4n) is 6.34. The van der Waals surface area contributed by atoms with Crippen LogP contribution in [-0.4, -0.2) is 75.5 Å². The number of aryl methyl sites for hydroxylation is 2. The number of benzene rings is 5. The molecular weight excluding hydrogens is 964 g/mol. The highest BCUT2D eigenvalue weighted by molar-refractivity contribution is 7.86. The molecule has 7 aromatic rings. The lowest BCUT2D eigenvalue weighted by Gasteiger charge is -2.14. The first kappa shape index (κ1) is 48.1. The number of aromatic hydroxyl groups is 1. The number of aromatic nitrogens is 5. The van der Waals surface area contributed by atoms with Crippen LogP contribution in [0.4, 0.5) is 70.7 Å². The van der Waals surface area contributed by atoms with Crippen molar-refractivity contribution >= 4 is 98.7 Å². The summed E-state index contributed by atoms with van der Waals surface area (Å²) in [4.78, 5) is 16.0. The Labute approximate surface area is 382 Å². The SMILES string of the molecule is Cc1cc2cc(S(=O)(=O)O)c(N=Nc3ccc(CCCNc4nc(F)nc(Nc5cccc(S(=O)(=O)O)c5)n4)cc3)c(N)c2c(O)c1N=Nc1cc(Nc2ncnc(F)c2F)ccc1S(=O)(=O)O. The van der Waals surface area contributed by atoms with Crippen molar-refractivity contribution in [1.29, 1.82) is 0 Å². The average Bonchev–Trinajstić information content (AvgIpc) is 3.25. The van der Waals surface area contributed by atoms with Gasteiger partial charge in [0.1, 0.15) is 33.2 Å². The normalized spacial score (nSPS) is 12.3. The van der Waals surface area contributed by atoms with Crippen LogP contribution < -0.4 is 21.7 Å². The average molecular weight is 996 g/mol. The third-order valence-electron chi connectivity index (χ3n) is 9.45. The van der Waals surface area contributed by atoms with Crippen molar-refractivity contribution in [3.8, 4) is 5.75 Å². The molecule has 0 amide bonds. The van der Waals surface area contributed by atoms with Gasteiger partial charge in [0.2, 0.25) is 17.7 Å². The summed E-state index contributed by atoms with van der Waals surface area (Å²) in [6.45, 7) is 1.69. The van der Waals surface area contributed by atoms with Gasteiger partial charge < -0.3 is 26.8 Å². The van der Waals surface area contributed by atoms with E-state index in [1.807, 2.05) is 0 Å². The van der Waals surface area contributed by atoms with E-state index in [4.69, 9.17) is 5.73 Å². The Morgan fingerprint density at radius 2 is 1.40 bits per heavy atom. The minimum absolute atomic E-state index is 0.00687. The van der Waals surface area contributed by atoms with Crippen LogP contribution in [0.2, 0.25) is 0 Å². The summed E-state index contributed by atoms with van der Waals surface area (Å²) in [6, 6.07) is 16.8. The van der Waals surface area contributed by atoms with Gasteiger partial charge in [0.05, 0.1) is 21.7 Å². The summed E-state index contributed by atoms with van der Waals surface area (Å²) in [5, 5.41) is 35.1. The van der Waals surface area contributed by atoms with E-state index < -0.39 is 91.5 Å². The molecule has 68 heavy (non-hydrogen) atoms. The zero-order valence-electron chi connectivity index (χ0n) is 34.4. The molecule has 0 aliphatic heterocycles. The molecule has 23 nitrogen and oxygen atoms in total. The van der Waals surface area contributed by atoms with Crippen LogP contribution in [-0.2, 0) is 36.8 Å². The van der Waals surface area contributed by atoms with E-state index in [-0.39, 0.29) is 57.5 Å². The van der Waals surface area contributed by atoms with Crippen molar-refractivity contribution in [2.75, 3.05) is 28.2 Å². The van der Waals surface area contributed by atoms with Crippen molar-refractivity contribution < 1.29 is 57.2 Å². The third kappa shape index (κ3) is 11.2. The smallest absolute Gasteiger partial charge is 0.315 e. The van der Waals surface area contributed by atoms with Crippen molar-refractivity contribution in [2.45, 2.75) is 34.5 Å². The van der Waals surface area contributed by atoms with E-state index in [1.54, 1.807) is 24.3 Å². The van der Waals surface area contributed by atoms with Crippen LogP contribution in [0.5, 0.6) is 5.75 Å². The summed E-state index contributed by atoms with van der Waals surface area (Å²) in [6.07, 6.45) is 0.579. The number of phenolic OH excluding ortho intramolecular Hbond substituents is 1. The van der Waals surface area contributed by atoms with E-state index >= 15 is 0 Å². The summed E-state index contributed by atoms with van der Waals surface area (Å²) in [5.74, 6) is -4.59. The maximum Gasteiger partial charge on any atom is 0.315 e. The lowest BCUT2D eigenvalue weighted by molar-refractivity contribution is 0.476. The van der Waals surface area contributed by atoms with Crippen molar-refractivity contribution in [2.24, 2.45) is 20.5 Å². The molecule has 0 saturated heterocycles. The van der Waals surface area contributed by atoms with Crippen LogP contribution in [0, 0.1) is 24.8 Å². The number of halogens is 3. The molecule has 0 unspecified atom stereocenters. The quantitative estimate of drug-likeness (QED) is 0.0150. The first-order valence-electron chi connectivity index (χ1n) is 19.1. The van der Waals surface area contributed by atoms with Gasteiger partial charge in [-0.15, -0.1) is 15.3 Å². The molecule has 2 heterocycles. The van der Waals surface area contributed by atoms with Gasteiger partial charge in [0, 0.05) is 17.9 Å². The molecule has 0 radical (unpaired) electrons. The van der Waals surface area contributed by atoms with Crippen LogP contribution in [0.25, 0.3) is 10.8 Å². The lowest BCUT2D eigenvalue weighted by Crippen LogP contribution is -2.10. The number of fused-ring (bicyclic) bond motifs is 1. The Bertz CT molecular complexity index is 3540. The molecule has 0 bridgehead atoms. The number of hydrogen-bond donors (Lipinski definition) is 8. The number of anilines is 6. The van der Waals surface area contributed by atoms with Gasteiger partial charge >= 0.3 is 6.08 Å². The summed E-state index contributed by atoms with van der Waals surface area (Å²) >= 11 is 0. The third-order valence-corrected chi connectivity index (χ3v) is 12.1. The second kappa shape index (κ2) is 19.2. The summed E-state index contributed by atoms with van der Waals surface area (Å²) in [5.41, 5.74) is 5.71. The van der Waals surface area contributed by atoms with Gasteiger partial charge in [-0.3, -0.25) is 13.7 Å². The Balaban J connectivity index is 1.08. The number of nitrogens with two attached hydrogens (primary N) is 1. The van der Waals surface area contributed by atoms with Gasteiger partial charge in [-0.1, -0.05) is 18.2 Å². The van der Waals surface area contributed by atoms with Gasteiger partial charge in [-0.05, 0) is 96.9 Å². The predicted octanol–water partition coefficient (Wildman–Crippen LogP) is 7.93. The van der Waals surface area contributed by atoms with Gasteiger partial charge in [0.25, 0.3) is 36.3 Å². The number of hydrogen-bond acceptors (Lipinski definition) is 20. The van der Waals surface area contributed by atoms with Crippen molar-refractivity contribution in [3.05, 3.63) is 114 Å². The monoisotopic (exact) mass is 995 g/mol. The molecule has 0 saturated carbocycles. The molecule has 0 aliphatic rings. The second-order valence-corrected chi connectivity index (χ2v) is 18.4. The van der Waals surface area contributed by atoms with Gasteiger partial charge in [-0.25, -0.2) is 9.97 Å². The summed E-state index contributed by atoms with van der Waals surface area (Å²) in [7, 11) is -14.5. The molecule has 9 N–H and O–H groups in total. The van der Waals surface area contributed by atoms with Crippen LogP contribution in [0.3, 0.4) is 0 Å². The topological polar surface area (TPSA) is 359 Å². The largest absolute Gasteiger partial charge is 0.505 e. The van der Waals surface area contributed by atoms with E-state index in [9.17, 15) is 57.2 Å². The first-order chi connectivity index (χ1) is 32.0. The van der Waals surface area contributed by atoms with Gasteiger partial charge in [-0.2, -0.15) is 58.5 Å². The molecule has 7 rings (SSSR count). The molecule has 2 aromatic heterocycles. The molecule has 0 atom stereocenters. The van der Waals surface area contributed by atoms with E-state index in [0.717, 1.165) is 48.3 Å². The maximum atomic E-state index is 14.2. The van der Waals surface area contributed by atoms with Crippen molar-refractivity contribution in [3.63, 3.8) is 0 Å². The second-order valence-electron chi connectivity index (χ2n) is 14.2. The fourth-order valence-corrected chi connectivity index (χ4v) is 8.15. The lowest BCUT2D eigenvalue weighted by atomic mass is 10.0. The highest BCUT2D eigenvalue weighted by Crippen LogP contribution is 2.47. The predicted molar refractivity (Wildman–Crippen MR) is 237 cm³/mol. The Morgan fingerprint density at radius 1 is 0.706 bits per heavy atom. The standard InChI is InChI=1S/C39H32F3N13O10S3/c1-19-14-21-15-28(68(63,64)65)33(31(43)29(21)34(56)32(19)54-53-26-17-24(11-12-27(26)67(60,61)62)47-36-30(40)35(41)45-18-46-36)55-52-22-9-7-20(8-10-22)4-3-13-44-38-49-37(42)50-39(51-38)48-23-5-2-6-25(16-23)66(57,58)59/h2,5-12,14-18,56H,3-4,13,43H2,1H3,(H,45,46,47)(H,57,58,59)(H,60,61,62)(H,63,64,65)(H2,44,48,49,50,51). The minimum atomic E-state index is -5.02. The highest BCUT2D eigenvalue weighted by Gasteiger charge is 2.25. The molecule has 29 heteroatoms. The number of nitrogen functional groups attached to an aromatic ring is 1. The van der Waals surface area contributed by atoms with E-state index in [1.165, 1.54) is 25.1 Å². The van der Waals surface area contributed by atoms with Gasteiger partial charge in [0.15, 0.2) is 11.6 Å². The van der Waals surface area contributed by atoms with E-state index in [0.29, 0.717) is 12.8 Å². The molecule has 0 fully saturated rings. The number of nitrogens with one attached hydrogen (secondary N) is 3. The molecule has 352 valence electrons. The Hall–Kier alpha value is -7.83. The van der Waals surface area contributed by atoms with E-state index in [2.05, 4.69) is 61.3 Å². The zero-order chi connectivity index (χ0) is 49.1. The van der Waals surface area contributed by atoms with Crippen LogP contribution in [0.1, 0.15) is 17.5 Å². The molecular formula is C39H32F3N13O10S3. The fraction of sp³-hybridized carbons (Fsp3) is 0.103. The first-order valence-corrected chi connectivity index (χ1v) is 23.4. The van der Waals surface area contributed by atoms with Crippen LogP contribution in [0.15, 0.2) is 120 Å². The van der Waals surface area contributed by atoms with Crippen molar-refractivity contribution in [1.82, 2.24) is 24.9 Å². The zero-order valence-corrected chi connectivity index (χ0v) is 36.9. The number of azo groups is 2. The summed E-state index contributed by atoms with van der Waals surface area (Å²) < 4.78 is 144. The number of rotatable bonds is 16. The maximum absolute atomic E-state index is 14.2. The minimum Gasteiger partial charge on any atom is -0.505 e. The molecule has 0 aliphatic carbocycles. The molecule has 5 aromatic carbocycles. The number of phenols is 1. The Kier molecular flexibility index (Phi) is 13.6. The Morgan fingerprint density at radius 3 is 2.10 bits per heavy atom. The highest BCUT2D eigenvalue weighted by atomic mass is 32.2. The van der Waals surface area contributed by atoms with Crippen LogP contribution >= 0.6 is 0 Å². The number of nitrogens with zero attached hydrogens (tertiary/aromatic N) is 9.